The van der Waals surface area contributed by atoms with E-state index in [1.165, 1.54) is 18.4 Å². The molecule has 0 saturated carbocycles. The summed E-state index contributed by atoms with van der Waals surface area (Å²) in [5, 5.41) is 24.7. The van der Waals surface area contributed by atoms with Gasteiger partial charge in [-0.25, -0.2) is 9.97 Å². The van der Waals surface area contributed by atoms with E-state index in [1.807, 2.05) is 13.0 Å². The van der Waals surface area contributed by atoms with Gasteiger partial charge in [-0.3, -0.25) is 0 Å². The molecule has 0 aliphatic heterocycles. The molecule has 0 fully saturated rings. The van der Waals surface area contributed by atoms with E-state index in [2.05, 4.69) is 37.3 Å². The summed E-state index contributed by atoms with van der Waals surface area (Å²) in [4.78, 5) is 12.8. The van der Waals surface area contributed by atoms with Crippen molar-refractivity contribution >= 4 is 27.4 Å². The van der Waals surface area contributed by atoms with Crippen molar-refractivity contribution in [2.24, 2.45) is 7.05 Å². The number of aliphatic hydroxyl groups excluding tert-OH is 1. The van der Waals surface area contributed by atoms with Crippen LogP contribution in [0.2, 0.25) is 0 Å². The number of anilines is 1. The first kappa shape index (κ1) is 23.0. The largest absolute Gasteiger partial charge is 0.451 e. The number of aliphatic hydroxyl groups is 1. The van der Waals surface area contributed by atoms with E-state index in [9.17, 15) is 18.3 Å². The topological polar surface area (TPSA) is 119 Å². The van der Waals surface area contributed by atoms with Gasteiger partial charge in [0.05, 0.1) is 11.9 Å². The molecule has 0 spiro atoms. The number of aromatic nitrogens is 7. The Labute approximate surface area is 190 Å². The molecule has 4 rings (SSSR count). The number of alkyl halides is 3. The summed E-state index contributed by atoms with van der Waals surface area (Å²) in [6.45, 7) is 4.00. The van der Waals surface area contributed by atoms with Gasteiger partial charge in [-0.1, -0.05) is 13.3 Å². The molecule has 4 aromatic heterocycles. The third-order valence-corrected chi connectivity index (χ3v) is 6.03. The fourth-order valence-corrected chi connectivity index (χ4v) is 4.45. The van der Waals surface area contributed by atoms with E-state index in [1.54, 1.807) is 4.90 Å². The molecular weight excluding hydrogens is 461 g/mol. The van der Waals surface area contributed by atoms with Gasteiger partial charge in [0, 0.05) is 18.5 Å². The maximum Gasteiger partial charge on any atom is 0.451 e. The Bertz CT molecular complexity index is 1270. The second-order valence-corrected chi connectivity index (χ2v) is 8.34. The van der Waals surface area contributed by atoms with Crippen molar-refractivity contribution in [1.29, 1.82) is 0 Å². The minimum atomic E-state index is -4.60. The van der Waals surface area contributed by atoms with E-state index >= 15 is 0 Å². The second kappa shape index (κ2) is 9.02. The lowest BCUT2D eigenvalue weighted by atomic mass is 10.2. The number of nitrogens with zero attached hydrogens (tertiary/aromatic N) is 8. The van der Waals surface area contributed by atoms with Crippen molar-refractivity contribution in [2.75, 3.05) is 11.4 Å². The van der Waals surface area contributed by atoms with E-state index < -0.39 is 18.6 Å². The van der Waals surface area contributed by atoms with Crippen molar-refractivity contribution in [3.05, 3.63) is 28.5 Å². The predicted octanol–water partition coefficient (Wildman–Crippen LogP) is 3.36. The first-order chi connectivity index (χ1) is 15.7. The summed E-state index contributed by atoms with van der Waals surface area (Å²) in [5.41, 5.74) is 0. The van der Waals surface area contributed by atoms with E-state index in [0.29, 0.717) is 17.2 Å². The molecule has 10 nitrogen and oxygen atoms in total. The van der Waals surface area contributed by atoms with Crippen LogP contribution in [0.25, 0.3) is 21.9 Å². The average Bonchev–Trinajstić information content (AvgIpc) is 3.49. The van der Waals surface area contributed by atoms with Crippen molar-refractivity contribution in [3.8, 4) is 11.7 Å². The average molecular weight is 482 g/mol. The lowest BCUT2D eigenvalue weighted by Crippen LogP contribution is -2.26. The predicted molar refractivity (Wildman–Crippen MR) is 113 cm³/mol. The summed E-state index contributed by atoms with van der Waals surface area (Å²) >= 11 is 1.50. The fourth-order valence-electron chi connectivity index (χ4n) is 3.32. The monoisotopic (exact) mass is 482 g/mol. The number of hydrogen-bond donors (Lipinski definition) is 1. The van der Waals surface area contributed by atoms with Gasteiger partial charge in [-0.05, 0) is 19.4 Å². The van der Waals surface area contributed by atoms with Crippen LogP contribution in [0.4, 0.5) is 19.0 Å². The van der Waals surface area contributed by atoms with Gasteiger partial charge in [-0.15, -0.1) is 31.7 Å². The maximum absolute atomic E-state index is 13.2. The second-order valence-electron chi connectivity index (χ2n) is 7.22. The SMILES string of the molecule is CCCc1cc2c(N(CC)Cc3nnc(C(F)(F)F)n3C)nc(-c3nnc(CO)o3)nc2s1. The Morgan fingerprint density at radius 1 is 1.15 bits per heavy atom. The third kappa shape index (κ3) is 4.53. The van der Waals surface area contributed by atoms with Crippen LogP contribution in [-0.2, 0) is 32.8 Å². The highest BCUT2D eigenvalue weighted by Gasteiger charge is 2.37. The van der Waals surface area contributed by atoms with Crippen LogP contribution >= 0.6 is 11.3 Å². The molecule has 33 heavy (non-hydrogen) atoms. The zero-order valence-electron chi connectivity index (χ0n) is 18.1. The quantitative estimate of drug-likeness (QED) is 0.403. The third-order valence-electron chi connectivity index (χ3n) is 4.95. The lowest BCUT2D eigenvalue weighted by molar-refractivity contribution is -0.147. The fraction of sp³-hybridized carbons (Fsp3) is 0.474. The van der Waals surface area contributed by atoms with E-state index in [0.717, 1.165) is 27.7 Å². The zero-order valence-corrected chi connectivity index (χ0v) is 18.9. The van der Waals surface area contributed by atoms with Gasteiger partial charge in [0.1, 0.15) is 17.3 Å². The van der Waals surface area contributed by atoms with E-state index in [4.69, 9.17) is 4.42 Å². The Balaban J connectivity index is 1.80. The summed E-state index contributed by atoms with van der Waals surface area (Å²) in [6, 6.07) is 2.00. The van der Waals surface area contributed by atoms with Crippen LogP contribution in [-0.4, -0.2) is 46.6 Å². The number of aryl methyl sites for hydroxylation is 1. The first-order valence-corrected chi connectivity index (χ1v) is 11.0. The van der Waals surface area contributed by atoms with Crippen molar-refractivity contribution in [1.82, 2.24) is 34.9 Å². The summed E-state index contributed by atoms with van der Waals surface area (Å²) in [7, 11) is 1.28. The van der Waals surface area contributed by atoms with Gasteiger partial charge in [0.25, 0.3) is 5.89 Å². The van der Waals surface area contributed by atoms with Crippen LogP contribution in [0.15, 0.2) is 10.5 Å². The highest BCUT2D eigenvalue weighted by molar-refractivity contribution is 7.18. The van der Waals surface area contributed by atoms with Gasteiger partial charge in [0.15, 0.2) is 5.82 Å². The summed E-state index contributed by atoms with van der Waals surface area (Å²) in [6.07, 6.45) is -2.80. The van der Waals surface area contributed by atoms with Crippen LogP contribution < -0.4 is 4.90 Å². The molecule has 0 radical (unpaired) electrons. The molecule has 0 atom stereocenters. The highest BCUT2D eigenvalue weighted by Crippen LogP contribution is 2.34. The van der Waals surface area contributed by atoms with Gasteiger partial charge < -0.3 is 19.0 Å². The summed E-state index contributed by atoms with van der Waals surface area (Å²) in [5.74, 6) is -0.175. The van der Waals surface area contributed by atoms with Gasteiger partial charge >= 0.3 is 6.18 Å². The summed E-state index contributed by atoms with van der Waals surface area (Å²) < 4.78 is 45.8. The standard InChI is InChI=1S/C19H21F3N8O2S/c1-4-6-10-7-11-15(23-14(24-17(11)33-10)16-27-26-13(9-31)32-16)30(5-2)8-12-25-28-18(29(12)3)19(20,21)22/h7,31H,4-6,8-9H2,1-3H3. The van der Waals surface area contributed by atoms with Crippen LogP contribution in [0.5, 0.6) is 0 Å². The van der Waals surface area contributed by atoms with Gasteiger partial charge in [-0.2, -0.15) is 13.2 Å². The van der Waals surface area contributed by atoms with Crippen molar-refractivity contribution in [2.45, 2.75) is 46.0 Å². The Hall–Kier alpha value is -3.13. The molecule has 0 saturated heterocycles. The molecule has 1 N–H and O–H groups in total. The molecule has 0 aromatic carbocycles. The molecule has 0 bridgehead atoms. The number of halogens is 3. The number of rotatable bonds is 8. The number of hydrogen-bond acceptors (Lipinski definition) is 10. The Kier molecular flexibility index (Phi) is 6.30. The van der Waals surface area contributed by atoms with Crippen LogP contribution in [0.3, 0.4) is 0 Å². The first-order valence-electron chi connectivity index (χ1n) is 10.2. The van der Waals surface area contributed by atoms with E-state index in [-0.39, 0.29) is 30.0 Å². The van der Waals surface area contributed by atoms with Gasteiger partial charge in [0.2, 0.25) is 17.5 Å². The lowest BCUT2D eigenvalue weighted by Gasteiger charge is -2.22. The maximum atomic E-state index is 13.2. The molecule has 0 amide bonds. The van der Waals surface area contributed by atoms with Crippen LogP contribution in [0.1, 0.15) is 42.7 Å². The Morgan fingerprint density at radius 2 is 1.94 bits per heavy atom. The number of thiophene rings is 1. The smallest absolute Gasteiger partial charge is 0.416 e. The highest BCUT2D eigenvalue weighted by atomic mass is 32.1. The zero-order chi connectivity index (χ0) is 23.8. The molecular formula is C19H21F3N8O2S. The molecule has 4 aromatic rings. The molecule has 0 unspecified atom stereocenters. The minimum Gasteiger partial charge on any atom is -0.416 e. The molecule has 0 aliphatic carbocycles. The molecule has 4 heterocycles. The Morgan fingerprint density at radius 3 is 2.55 bits per heavy atom. The number of fused-ring (bicyclic) bond motifs is 1. The van der Waals surface area contributed by atoms with Crippen molar-refractivity contribution < 1.29 is 22.7 Å². The molecule has 0 aliphatic rings. The minimum absolute atomic E-state index is 0.0270. The van der Waals surface area contributed by atoms with Crippen LogP contribution in [0, 0.1) is 0 Å². The normalized spacial score (nSPS) is 12.1. The van der Waals surface area contributed by atoms with Crippen molar-refractivity contribution in [3.63, 3.8) is 0 Å². The molecule has 14 heteroatoms. The molecule has 176 valence electrons.